The van der Waals surface area contributed by atoms with Crippen molar-refractivity contribution >= 4 is 15.9 Å². The second kappa shape index (κ2) is 5.74. The molecule has 1 heterocycles. The first-order valence-corrected chi connectivity index (χ1v) is 8.01. The van der Waals surface area contributed by atoms with Gasteiger partial charge in [0, 0.05) is 16.4 Å². The Morgan fingerprint density at radius 2 is 2.05 bits per heavy atom. The summed E-state index contributed by atoms with van der Waals surface area (Å²) < 4.78 is 7.07. The fraction of sp³-hybridized carbons (Fsp3) is 0.412. The minimum Gasteiger partial charge on any atom is -0.464 e. The van der Waals surface area contributed by atoms with Crippen LogP contribution in [-0.2, 0) is 6.54 Å². The first-order chi connectivity index (χ1) is 9.65. The second-order valence-corrected chi connectivity index (χ2v) is 6.60. The van der Waals surface area contributed by atoms with E-state index < -0.39 is 0 Å². The third kappa shape index (κ3) is 2.99. The molecule has 1 fully saturated rings. The summed E-state index contributed by atoms with van der Waals surface area (Å²) in [5.41, 5.74) is 1.27. The van der Waals surface area contributed by atoms with E-state index in [2.05, 4.69) is 65.4 Å². The minimum absolute atomic E-state index is 0.291. The number of halogens is 1. The third-order valence-corrected chi connectivity index (χ3v) is 4.83. The summed E-state index contributed by atoms with van der Waals surface area (Å²) in [5.74, 6) is 3.63. The average molecular weight is 334 g/mol. The number of hydrogen-bond donors (Lipinski definition) is 1. The van der Waals surface area contributed by atoms with Gasteiger partial charge in [-0.25, -0.2) is 0 Å². The van der Waals surface area contributed by atoms with E-state index in [1.54, 1.807) is 0 Å². The second-order valence-electron chi connectivity index (χ2n) is 5.75. The molecule has 0 saturated heterocycles. The molecule has 106 valence electrons. The normalized spacial score (nSPS) is 22.8. The van der Waals surface area contributed by atoms with Gasteiger partial charge in [0.1, 0.15) is 11.5 Å². The molecule has 3 heteroatoms. The lowest BCUT2D eigenvalue weighted by atomic mass is 10.1. The van der Waals surface area contributed by atoms with Crippen molar-refractivity contribution in [2.24, 2.45) is 5.92 Å². The van der Waals surface area contributed by atoms with Gasteiger partial charge in [0.25, 0.3) is 0 Å². The predicted octanol–water partition coefficient (Wildman–Crippen LogP) is 5.02. The number of rotatable bonds is 5. The van der Waals surface area contributed by atoms with E-state index in [-0.39, 0.29) is 0 Å². The summed E-state index contributed by atoms with van der Waals surface area (Å²) in [6.07, 6.45) is 1.27. The molecule has 1 aromatic carbocycles. The lowest BCUT2D eigenvalue weighted by Gasteiger charge is -2.14. The van der Waals surface area contributed by atoms with Crippen molar-refractivity contribution in [2.45, 2.75) is 38.8 Å². The quantitative estimate of drug-likeness (QED) is 0.831. The van der Waals surface area contributed by atoms with E-state index in [4.69, 9.17) is 4.42 Å². The smallest absolute Gasteiger partial charge is 0.117 e. The number of hydrogen-bond acceptors (Lipinski definition) is 2. The predicted molar refractivity (Wildman–Crippen MR) is 84.6 cm³/mol. The van der Waals surface area contributed by atoms with E-state index in [1.165, 1.54) is 12.0 Å². The van der Waals surface area contributed by atoms with Gasteiger partial charge < -0.3 is 9.73 Å². The molecule has 1 aromatic heterocycles. The van der Waals surface area contributed by atoms with Crippen LogP contribution in [0.15, 0.2) is 45.3 Å². The number of nitrogens with one attached hydrogen (secondary N) is 1. The molecule has 0 amide bonds. The molecule has 0 bridgehead atoms. The minimum atomic E-state index is 0.291. The Morgan fingerprint density at radius 1 is 1.30 bits per heavy atom. The van der Waals surface area contributed by atoms with Gasteiger partial charge in [-0.1, -0.05) is 41.1 Å². The van der Waals surface area contributed by atoms with E-state index in [0.29, 0.717) is 12.0 Å². The van der Waals surface area contributed by atoms with Gasteiger partial charge in [-0.15, -0.1) is 0 Å². The molecular formula is C17H20BrNO. The molecule has 3 unspecified atom stereocenters. The van der Waals surface area contributed by atoms with Crippen molar-refractivity contribution in [3.05, 3.63) is 58.0 Å². The van der Waals surface area contributed by atoms with Crippen molar-refractivity contribution in [3.8, 4) is 0 Å². The van der Waals surface area contributed by atoms with Crippen molar-refractivity contribution in [1.29, 1.82) is 0 Å². The molecule has 1 aliphatic carbocycles. The fourth-order valence-electron chi connectivity index (χ4n) is 2.60. The highest BCUT2D eigenvalue weighted by molar-refractivity contribution is 9.10. The van der Waals surface area contributed by atoms with Crippen LogP contribution < -0.4 is 5.32 Å². The van der Waals surface area contributed by atoms with Crippen molar-refractivity contribution in [1.82, 2.24) is 5.32 Å². The van der Waals surface area contributed by atoms with Crippen LogP contribution in [0, 0.1) is 5.92 Å². The van der Waals surface area contributed by atoms with Crippen LogP contribution in [0.3, 0.4) is 0 Å². The Morgan fingerprint density at radius 3 is 2.75 bits per heavy atom. The molecule has 3 rings (SSSR count). The molecule has 20 heavy (non-hydrogen) atoms. The van der Waals surface area contributed by atoms with E-state index in [1.807, 2.05) is 6.07 Å². The van der Waals surface area contributed by atoms with Crippen molar-refractivity contribution < 1.29 is 4.42 Å². The molecule has 1 saturated carbocycles. The monoisotopic (exact) mass is 333 g/mol. The first-order valence-electron chi connectivity index (χ1n) is 7.21. The van der Waals surface area contributed by atoms with Crippen LogP contribution in [0.25, 0.3) is 0 Å². The number of furan rings is 1. The third-order valence-electron chi connectivity index (χ3n) is 4.11. The Bertz CT molecular complexity index is 592. The molecule has 1 aliphatic rings. The maximum atomic E-state index is 5.92. The zero-order valence-corrected chi connectivity index (χ0v) is 13.5. The van der Waals surface area contributed by atoms with Gasteiger partial charge in [-0.2, -0.15) is 0 Å². The number of benzene rings is 1. The van der Waals surface area contributed by atoms with Crippen molar-refractivity contribution in [3.63, 3.8) is 0 Å². The zero-order chi connectivity index (χ0) is 14.1. The SMILES string of the molecule is CC(NCc1ccc(C2CC2C)o1)c1ccccc1Br. The van der Waals surface area contributed by atoms with Gasteiger partial charge in [0.2, 0.25) is 0 Å². The van der Waals surface area contributed by atoms with E-state index in [0.717, 1.165) is 28.5 Å². The van der Waals surface area contributed by atoms with Crippen LogP contribution >= 0.6 is 15.9 Å². The summed E-state index contributed by atoms with van der Waals surface area (Å²) >= 11 is 3.60. The molecule has 0 radical (unpaired) electrons. The van der Waals surface area contributed by atoms with Crippen LogP contribution in [0.1, 0.15) is 49.3 Å². The Kier molecular flexibility index (Phi) is 3.99. The summed E-state index contributed by atoms with van der Waals surface area (Å²) in [6, 6.07) is 12.8. The topological polar surface area (TPSA) is 25.2 Å². The maximum absolute atomic E-state index is 5.92. The molecule has 2 aromatic rings. The highest BCUT2D eigenvalue weighted by Gasteiger charge is 2.36. The van der Waals surface area contributed by atoms with Crippen LogP contribution in [0.2, 0.25) is 0 Å². The summed E-state index contributed by atoms with van der Waals surface area (Å²) in [6.45, 7) is 5.22. The van der Waals surface area contributed by atoms with Gasteiger partial charge in [0.05, 0.1) is 6.54 Å². The first kappa shape index (κ1) is 13.9. The van der Waals surface area contributed by atoms with Crippen LogP contribution in [0.5, 0.6) is 0 Å². The molecular weight excluding hydrogens is 314 g/mol. The lowest BCUT2D eigenvalue weighted by molar-refractivity contribution is 0.430. The molecule has 2 nitrogen and oxygen atoms in total. The van der Waals surface area contributed by atoms with E-state index in [9.17, 15) is 0 Å². The summed E-state index contributed by atoms with van der Waals surface area (Å²) in [7, 11) is 0. The van der Waals surface area contributed by atoms with Crippen molar-refractivity contribution in [2.75, 3.05) is 0 Å². The molecule has 3 atom stereocenters. The Hall–Kier alpha value is -1.06. The average Bonchev–Trinajstić information content (AvgIpc) is 3.00. The lowest BCUT2D eigenvalue weighted by Crippen LogP contribution is -2.18. The van der Waals surface area contributed by atoms with Gasteiger partial charge >= 0.3 is 0 Å². The highest BCUT2D eigenvalue weighted by Crippen LogP contribution is 2.47. The summed E-state index contributed by atoms with van der Waals surface area (Å²) in [5, 5.41) is 3.52. The Labute approximate surface area is 128 Å². The molecule has 0 spiro atoms. The maximum Gasteiger partial charge on any atom is 0.117 e. The van der Waals surface area contributed by atoms with Gasteiger partial charge in [-0.05, 0) is 43.0 Å². The zero-order valence-electron chi connectivity index (χ0n) is 11.9. The Balaban J connectivity index is 1.59. The fourth-order valence-corrected chi connectivity index (χ4v) is 3.23. The van der Waals surface area contributed by atoms with Crippen LogP contribution in [-0.4, -0.2) is 0 Å². The van der Waals surface area contributed by atoms with E-state index >= 15 is 0 Å². The molecule has 1 N–H and O–H groups in total. The standard InChI is InChI=1S/C17H20BrNO/c1-11-9-15(11)17-8-7-13(20-17)10-19-12(2)14-5-3-4-6-16(14)18/h3-8,11-12,15,19H,9-10H2,1-2H3. The van der Waals surface area contributed by atoms with Crippen LogP contribution in [0.4, 0.5) is 0 Å². The largest absolute Gasteiger partial charge is 0.464 e. The van der Waals surface area contributed by atoms with Gasteiger partial charge in [0.15, 0.2) is 0 Å². The van der Waals surface area contributed by atoms with Gasteiger partial charge in [-0.3, -0.25) is 0 Å². The molecule has 0 aliphatic heterocycles. The highest BCUT2D eigenvalue weighted by atomic mass is 79.9. The summed E-state index contributed by atoms with van der Waals surface area (Å²) in [4.78, 5) is 0.